The van der Waals surface area contributed by atoms with Crippen molar-refractivity contribution in [1.82, 2.24) is 5.32 Å². The summed E-state index contributed by atoms with van der Waals surface area (Å²) in [6.07, 6.45) is 4.49. The highest BCUT2D eigenvalue weighted by Crippen LogP contribution is 2.22. The van der Waals surface area contributed by atoms with Crippen LogP contribution in [0.5, 0.6) is 0 Å². The van der Waals surface area contributed by atoms with E-state index in [0.29, 0.717) is 6.04 Å². The standard InChI is InChI=1S/C14H31NOS/c1-6-13(5)17-10-8-9-14(7-2,11-16)15-12(3)4/h12-13,15-16H,6-11H2,1-5H3. The highest BCUT2D eigenvalue weighted by Gasteiger charge is 2.26. The van der Waals surface area contributed by atoms with Gasteiger partial charge in [-0.3, -0.25) is 0 Å². The van der Waals surface area contributed by atoms with Gasteiger partial charge in [0.15, 0.2) is 0 Å². The van der Waals surface area contributed by atoms with Crippen molar-refractivity contribution in [3.05, 3.63) is 0 Å². The Morgan fingerprint density at radius 1 is 1.24 bits per heavy atom. The minimum atomic E-state index is -0.0653. The third-order valence-corrected chi connectivity index (χ3v) is 4.78. The van der Waals surface area contributed by atoms with Crippen LogP contribution in [0.25, 0.3) is 0 Å². The minimum Gasteiger partial charge on any atom is -0.394 e. The molecule has 0 aromatic rings. The molecule has 0 saturated heterocycles. The summed E-state index contributed by atoms with van der Waals surface area (Å²) in [6, 6.07) is 0.435. The highest BCUT2D eigenvalue weighted by atomic mass is 32.2. The normalized spacial score (nSPS) is 17.1. The van der Waals surface area contributed by atoms with Gasteiger partial charge in [-0.1, -0.05) is 34.6 Å². The zero-order valence-corrected chi connectivity index (χ0v) is 13.1. The number of aliphatic hydroxyl groups excluding tert-OH is 1. The van der Waals surface area contributed by atoms with Crippen LogP contribution in [0.15, 0.2) is 0 Å². The van der Waals surface area contributed by atoms with Crippen LogP contribution in [-0.2, 0) is 0 Å². The van der Waals surface area contributed by atoms with Gasteiger partial charge in [0.25, 0.3) is 0 Å². The summed E-state index contributed by atoms with van der Waals surface area (Å²) in [6.45, 7) is 11.2. The van der Waals surface area contributed by atoms with Gasteiger partial charge in [0, 0.05) is 16.8 Å². The predicted octanol–water partition coefficient (Wildman–Crippen LogP) is 3.44. The maximum Gasteiger partial charge on any atom is 0.0613 e. The van der Waals surface area contributed by atoms with E-state index >= 15 is 0 Å². The van der Waals surface area contributed by atoms with Gasteiger partial charge in [-0.15, -0.1) is 0 Å². The summed E-state index contributed by atoms with van der Waals surface area (Å²) in [5, 5.41) is 13.9. The monoisotopic (exact) mass is 261 g/mol. The minimum absolute atomic E-state index is 0.0653. The average Bonchev–Trinajstić information content (AvgIpc) is 2.32. The van der Waals surface area contributed by atoms with E-state index in [4.69, 9.17) is 0 Å². The van der Waals surface area contributed by atoms with E-state index in [1.54, 1.807) is 0 Å². The number of thioether (sulfide) groups is 1. The summed E-state index contributed by atoms with van der Waals surface area (Å²) in [4.78, 5) is 0. The Bertz CT molecular complexity index is 181. The van der Waals surface area contributed by atoms with Crippen molar-refractivity contribution in [2.45, 2.75) is 77.1 Å². The maximum atomic E-state index is 9.61. The fraction of sp³-hybridized carbons (Fsp3) is 1.00. The van der Waals surface area contributed by atoms with Gasteiger partial charge in [-0.25, -0.2) is 0 Å². The molecule has 0 spiro atoms. The van der Waals surface area contributed by atoms with E-state index in [1.165, 1.54) is 18.6 Å². The lowest BCUT2D eigenvalue weighted by atomic mass is 9.91. The quantitative estimate of drug-likeness (QED) is 0.591. The van der Waals surface area contributed by atoms with Crippen molar-refractivity contribution in [3.8, 4) is 0 Å². The van der Waals surface area contributed by atoms with E-state index in [1.807, 2.05) is 11.8 Å². The molecule has 0 aromatic carbocycles. The van der Waals surface area contributed by atoms with Crippen LogP contribution in [0.3, 0.4) is 0 Å². The van der Waals surface area contributed by atoms with E-state index in [9.17, 15) is 5.11 Å². The van der Waals surface area contributed by atoms with Crippen LogP contribution in [0, 0.1) is 0 Å². The van der Waals surface area contributed by atoms with Crippen LogP contribution in [0.2, 0.25) is 0 Å². The Labute approximate surface area is 112 Å². The van der Waals surface area contributed by atoms with Crippen molar-refractivity contribution in [3.63, 3.8) is 0 Å². The van der Waals surface area contributed by atoms with Gasteiger partial charge in [0.05, 0.1) is 6.61 Å². The molecule has 0 saturated carbocycles. The molecule has 0 aromatic heterocycles. The molecule has 2 unspecified atom stereocenters. The Morgan fingerprint density at radius 2 is 1.88 bits per heavy atom. The molecule has 0 radical (unpaired) electrons. The Kier molecular flexibility index (Phi) is 9.38. The largest absolute Gasteiger partial charge is 0.394 e. The third-order valence-electron chi connectivity index (χ3n) is 3.35. The van der Waals surface area contributed by atoms with E-state index < -0.39 is 0 Å². The van der Waals surface area contributed by atoms with Crippen molar-refractivity contribution in [1.29, 1.82) is 0 Å². The van der Waals surface area contributed by atoms with Crippen LogP contribution >= 0.6 is 11.8 Å². The molecular formula is C14H31NOS. The fourth-order valence-corrected chi connectivity index (χ4v) is 2.96. The molecule has 17 heavy (non-hydrogen) atoms. The SMILES string of the molecule is CCC(C)SCCCC(CC)(CO)NC(C)C. The first-order chi connectivity index (χ1) is 7.99. The first kappa shape index (κ1) is 17.3. The second kappa shape index (κ2) is 9.23. The van der Waals surface area contributed by atoms with Crippen LogP contribution in [0.4, 0.5) is 0 Å². The van der Waals surface area contributed by atoms with Crippen molar-refractivity contribution in [2.75, 3.05) is 12.4 Å². The molecule has 3 heteroatoms. The van der Waals surface area contributed by atoms with Crippen molar-refractivity contribution < 1.29 is 5.11 Å². The number of hydrogen-bond acceptors (Lipinski definition) is 3. The van der Waals surface area contributed by atoms with E-state index in [-0.39, 0.29) is 12.1 Å². The van der Waals surface area contributed by atoms with Gasteiger partial charge in [-0.05, 0) is 31.4 Å². The molecule has 2 nitrogen and oxygen atoms in total. The average molecular weight is 261 g/mol. The molecule has 0 rings (SSSR count). The van der Waals surface area contributed by atoms with Gasteiger partial charge in [0.2, 0.25) is 0 Å². The molecule has 0 heterocycles. The summed E-state index contributed by atoms with van der Waals surface area (Å²) in [5.74, 6) is 1.20. The Hall–Kier alpha value is 0.270. The Morgan fingerprint density at radius 3 is 2.29 bits per heavy atom. The molecule has 2 atom stereocenters. The number of aliphatic hydroxyl groups is 1. The van der Waals surface area contributed by atoms with Gasteiger partial charge < -0.3 is 10.4 Å². The number of hydrogen-bond donors (Lipinski definition) is 2. The molecule has 0 aliphatic carbocycles. The fourth-order valence-electron chi connectivity index (χ4n) is 2.01. The summed E-state index contributed by atoms with van der Waals surface area (Å²) in [7, 11) is 0. The van der Waals surface area contributed by atoms with Crippen LogP contribution in [0.1, 0.15) is 60.3 Å². The molecule has 2 N–H and O–H groups in total. The summed E-state index contributed by atoms with van der Waals surface area (Å²) >= 11 is 2.05. The molecule has 0 amide bonds. The second-order valence-electron chi connectivity index (χ2n) is 5.28. The lowest BCUT2D eigenvalue weighted by Crippen LogP contribution is -2.51. The first-order valence-corrected chi connectivity index (χ1v) is 8.04. The van der Waals surface area contributed by atoms with Crippen molar-refractivity contribution >= 4 is 11.8 Å². The number of rotatable bonds is 10. The van der Waals surface area contributed by atoms with Crippen LogP contribution < -0.4 is 5.32 Å². The van der Waals surface area contributed by atoms with Gasteiger partial charge in [0.1, 0.15) is 0 Å². The zero-order valence-electron chi connectivity index (χ0n) is 12.3. The predicted molar refractivity (Wildman–Crippen MR) is 79.8 cm³/mol. The maximum absolute atomic E-state index is 9.61. The summed E-state index contributed by atoms with van der Waals surface area (Å²) < 4.78 is 0. The molecule has 104 valence electrons. The van der Waals surface area contributed by atoms with Crippen LogP contribution in [-0.4, -0.2) is 34.3 Å². The molecule has 0 aliphatic rings. The number of nitrogens with one attached hydrogen (secondary N) is 1. The lowest BCUT2D eigenvalue weighted by Gasteiger charge is -2.34. The molecule has 0 bridgehead atoms. The van der Waals surface area contributed by atoms with Gasteiger partial charge in [-0.2, -0.15) is 11.8 Å². The smallest absolute Gasteiger partial charge is 0.0613 e. The van der Waals surface area contributed by atoms with E-state index in [0.717, 1.165) is 18.1 Å². The zero-order chi connectivity index (χ0) is 13.3. The van der Waals surface area contributed by atoms with E-state index in [2.05, 4.69) is 39.9 Å². The molecule has 0 aliphatic heterocycles. The molecular weight excluding hydrogens is 230 g/mol. The highest BCUT2D eigenvalue weighted by molar-refractivity contribution is 7.99. The van der Waals surface area contributed by atoms with Gasteiger partial charge >= 0.3 is 0 Å². The Balaban J connectivity index is 4.00. The topological polar surface area (TPSA) is 32.3 Å². The molecule has 0 fully saturated rings. The second-order valence-corrected chi connectivity index (χ2v) is 6.83. The summed E-state index contributed by atoms with van der Waals surface area (Å²) in [5.41, 5.74) is -0.0653. The van der Waals surface area contributed by atoms with Crippen molar-refractivity contribution in [2.24, 2.45) is 0 Å². The third kappa shape index (κ3) is 7.32. The lowest BCUT2D eigenvalue weighted by molar-refractivity contribution is 0.137. The first-order valence-electron chi connectivity index (χ1n) is 6.99.